The highest BCUT2D eigenvalue weighted by molar-refractivity contribution is 7.89. The molecule has 1 amide bonds. The molecule has 0 aliphatic heterocycles. The van der Waals surface area contributed by atoms with E-state index >= 15 is 0 Å². The van der Waals surface area contributed by atoms with Crippen molar-refractivity contribution < 1.29 is 18.3 Å². The molecule has 7 nitrogen and oxygen atoms in total. The van der Waals surface area contributed by atoms with E-state index in [1.807, 2.05) is 50.2 Å². The Bertz CT molecular complexity index is 1450. The molecule has 5 rings (SSSR count). The van der Waals surface area contributed by atoms with Gasteiger partial charge >= 0.3 is 0 Å². The molecule has 0 saturated heterocycles. The maximum absolute atomic E-state index is 13.6. The second-order valence-electron chi connectivity index (χ2n) is 11.2. The first kappa shape index (κ1) is 28.5. The number of anilines is 1. The van der Waals surface area contributed by atoms with E-state index in [-0.39, 0.29) is 10.8 Å². The van der Waals surface area contributed by atoms with Crippen molar-refractivity contribution in [3.8, 4) is 0 Å². The summed E-state index contributed by atoms with van der Waals surface area (Å²) in [7, 11) is -3.87. The lowest BCUT2D eigenvalue weighted by molar-refractivity contribution is -0.119. The van der Waals surface area contributed by atoms with Crippen LogP contribution in [0.4, 0.5) is 5.69 Å². The van der Waals surface area contributed by atoms with Crippen molar-refractivity contribution in [2.45, 2.75) is 88.8 Å². The Labute approximate surface area is 237 Å². The number of aliphatic hydroxyl groups is 1. The number of amides is 1. The van der Waals surface area contributed by atoms with Crippen LogP contribution in [0.2, 0.25) is 0 Å². The van der Waals surface area contributed by atoms with Gasteiger partial charge in [-0.15, -0.1) is 0 Å². The van der Waals surface area contributed by atoms with Gasteiger partial charge in [0.15, 0.2) is 0 Å². The van der Waals surface area contributed by atoms with Gasteiger partial charge in [0.1, 0.15) is 0 Å². The summed E-state index contributed by atoms with van der Waals surface area (Å²) in [4.78, 5) is 20.2. The molecule has 2 aliphatic rings. The summed E-state index contributed by atoms with van der Waals surface area (Å²) in [5, 5.41) is 10.9. The van der Waals surface area contributed by atoms with Gasteiger partial charge in [-0.25, -0.2) is 13.1 Å². The highest BCUT2D eigenvalue weighted by Gasteiger charge is 2.35. The Morgan fingerprint density at radius 1 is 1.07 bits per heavy atom. The van der Waals surface area contributed by atoms with Crippen LogP contribution in [0.1, 0.15) is 79.6 Å². The zero-order valence-corrected chi connectivity index (χ0v) is 24.2. The zero-order chi connectivity index (χ0) is 28.3. The molecule has 2 N–H and O–H groups in total. The van der Waals surface area contributed by atoms with Crippen molar-refractivity contribution in [2.75, 3.05) is 4.90 Å². The summed E-state index contributed by atoms with van der Waals surface area (Å²) >= 11 is 0. The highest BCUT2D eigenvalue weighted by atomic mass is 32.2. The minimum absolute atomic E-state index is 0.0295. The van der Waals surface area contributed by atoms with Gasteiger partial charge in [-0.2, -0.15) is 0 Å². The third-order valence-electron chi connectivity index (χ3n) is 8.32. The Kier molecular flexibility index (Phi) is 8.68. The van der Waals surface area contributed by atoms with Gasteiger partial charge < -0.3 is 10.0 Å². The van der Waals surface area contributed by atoms with Gasteiger partial charge in [-0.05, 0) is 78.8 Å². The van der Waals surface area contributed by atoms with E-state index in [1.165, 1.54) is 25.7 Å². The number of hydrogen-bond donors (Lipinski definition) is 2. The summed E-state index contributed by atoms with van der Waals surface area (Å²) in [6, 6.07) is 17.4. The van der Waals surface area contributed by atoms with Crippen LogP contribution >= 0.6 is 0 Å². The summed E-state index contributed by atoms with van der Waals surface area (Å²) in [5.41, 5.74) is 4.98. The molecular weight excluding hydrogens is 522 g/mol. The van der Waals surface area contributed by atoms with Crippen molar-refractivity contribution in [1.29, 1.82) is 0 Å². The minimum Gasteiger partial charge on any atom is -0.391 e. The predicted octanol–water partition coefficient (Wildman–Crippen LogP) is 5.39. The van der Waals surface area contributed by atoms with E-state index in [4.69, 9.17) is 0 Å². The van der Waals surface area contributed by atoms with Crippen molar-refractivity contribution in [3.63, 3.8) is 0 Å². The average molecular weight is 562 g/mol. The number of pyridine rings is 1. The summed E-state index contributed by atoms with van der Waals surface area (Å²) in [6.07, 6.45) is 6.44. The van der Waals surface area contributed by atoms with E-state index in [9.17, 15) is 18.3 Å². The number of sulfonamides is 1. The number of benzene rings is 2. The van der Waals surface area contributed by atoms with Crippen molar-refractivity contribution in [1.82, 2.24) is 9.71 Å². The molecule has 1 heterocycles. The molecule has 1 saturated carbocycles. The van der Waals surface area contributed by atoms with E-state index in [1.54, 1.807) is 29.2 Å². The molecule has 0 radical (unpaired) electrons. The fourth-order valence-electron chi connectivity index (χ4n) is 5.99. The normalized spacial score (nSPS) is 19.1. The molecule has 1 fully saturated rings. The number of carbonyl (C=O) groups is 1. The minimum atomic E-state index is -3.87. The van der Waals surface area contributed by atoms with Gasteiger partial charge in [0, 0.05) is 24.2 Å². The fourth-order valence-corrected chi connectivity index (χ4v) is 7.24. The molecule has 40 heavy (non-hydrogen) atoms. The lowest BCUT2D eigenvalue weighted by Crippen LogP contribution is -2.34. The Morgan fingerprint density at radius 3 is 2.52 bits per heavy atom. The zero-order valence-electron chi connectivity index (χ0n) is 23.3. The van der Waals surface area contributed by atoms with Crippen LogP contribution in [0.25, 0.3) is 0 Å². The van der Waals surface area contributed by atoms with E-state index in [2.05, 4.69) is 9.71 Å². The van der Waals surface area contributed by atoms with Crippen molar-refractivity contribution >= 4 is 21.6 Å². The molecule has 3 aromatic rings. The third kappa shape index (κ3) is 6.45. The fraction of sp³-hybridized carbons (Fsp3) is 0.438. The Hall–Kier alpha value is -3.07. The standard InChI is InChI=1S/C32H39N3O4S/c1-3-23-11-16-28(17-12-23)40(38,39)34-32-29-20-27(15-14-25(29)19-30(32)36)35(21-26-10-6-7-22(2)33-26)31(37)18-13-24-8-4-5-9-24/h6-7,10-12,14-17,20,24,30,32,34,36H,3-5,8-9,13,18-19,21H2,1-2H3/t30-,32-/m1/s1. The van der Waals surface area contributed by atoms with E-state index in [0.717, 1.165) is 35.4 Å². The average Bonchev–Trinajstić information content (AvgIpc) is 3.58. The first-order valence-corrected chi connectivity index (χ1v) is 15.9. The number of fused-ring (bicyclic) bond motifs is 1. The first-order valence-electron chi connectivity index (χ1n) is 14.4. The maximum atomic E-state index is 13.6. The van der Waals surface area contributed by atoms with Crippen molar-refractivity contribution in [2.24, 2.45) is 5.92 Å². The molecule has 2 atom stereocenters. The van der Waals surface area contributed by atoms with E-state index in [0.29, 0.717) is 36.6 Å². The molecule has 0 unspecified atom stereocenters. The summed E-state index contributed by atoms with van der Waals surface area (Å²) in [6.45, 7) is 4.27. The van der Waals surface area contributed by atoms with Gasteiger partial charge in [0.05, 0.1) is 29.3 Å². The lowest BCUT2D eigenvalue weighted by Gasteiger charge is -2.25. The summed E-state index contributed by atoms with van der Waals surface area (Å²) in [5.74, 6) is 0.630. The predicted molar refractivity (Wildman–Crippen MR) is 156 cm³/mol. The molecule has 0 bridgehead atoms. The molecule has 2 aliphatic carbocycles. The maximum Gasteiger partial charge on any atom is 0.241 e. The van der Waals surface area contributed by atoms with Crippen LogP contribution in [-0.4, -0.2) is 30.5 Å². The molecule has 8 heteroatoms. The quantitative estimate of drug-likeness (QED) is 0.346. The molecule has 212 valence electrons. The van der Waals surface area contributed by atoms with Gasteiger partial charge in [0.2, 0.25) is 15.9 Å². The first-order chi connectivity index (χ1) is 19.2. The number of rotatable bonds is 10. The molecule has 2 aromatic carbocycles. The van der Waals surface area contributed by atoms with Gasteiger partial charge in [0.25, 0.3) is 0 Å². The van der Waals surface area contributed by atoms with Crippen LogP contribution in [0.3, 0.4) is 0 Å². The van der Waals surface area contributed by atoms with Crippen LogP contribution in [-0.2, 0) is 34.2 Å². The van der Waals surface area contributed by atoms with E-state index < -0.39 is 22.2 Å². The SMILES string of the molecule is CCc1ccc(S(=O)(=O)N[C@@H]2c3cc(N(Cc4cccc(C)n4)C(=O)CCC4CCCC4)ccc3C[C@H]2O)cc1. The monoisotopic (exact) mass is 561 g/mol. The van der Waals surface area contributed by atoms with Gasteiger partial charge in [-0.3, -0.25) is 9.78 Å². The second kappa shape index (κ2) is 12.2. The van der Waals surface area contributed by atoms with Crippen LogP contribution < -0.4 is 9.62 Å². The van der Waals surface area contributed by atoms with Crippen LogP contribution in [0.5, 0.6) is 0 Å². The molecular formula is C32H39N3O4S. The Morgan fingerprint density at radius 2 is 1.82 bits per heavy atom. The molecule has 0 spiro atoms. The Balaban J connectivity index is 1.42. The van der Waals surface area contributed by atoms with Crippen LogP contribution in [0.15, 0.2) is 65.6 Å². The smallest absolute Gasteiger partial charge is 0.241 e. The van der Waals surface area contributed by atoms with Gasteiger partial charge in [-0.1, -0.05) is 56.9 Å². The van der Waals surface area contributed by atoms with Crippen molar-refractivity contribution in [3.05, 3.63) is 88.7 Å². The summed E-state index contributed by atoms with van der Waals surface area (Å²) < 4.78 is 29.3. The third-order valence-corrected chi connectivity index (χ3v) is 9.78. The lowest BCUT2D eigenvalue weighted by atomic mass is 10.0. The largest absolute Gasteiger partial charge is 0.391 e. The number of nitrogens with zero attached hydrogens (tertiary/aromatic N) is 2. The number of carbonyl (C=O) groups excluding carboxylic acids is 1. The number of aliphatic hydroxyl groups excluding tert-OH is 1. The topological polar surface area (TPSA) is 99.6 Å². The molecule has 1 aromatic heterocycles. The number of nitrogens with one attached hydrogen (secondary N) is 1. The number of aryl methyl sites for hydroxylation is 2. The highest BCUT2D eigenvalue weighted by Crippen LogP contribution is 2.36. The number of aromatic nitrogens is 1. The van der Waals surface area contributed by atoms with Crippen LogP contribution in [0, 0.1) is 12.8 Å². The second-order valence-corrected chi connectivity index (χ2v) is 12.9. The number of hydrogen-bond acceptors (Lipinski definition) is 5.